The maximum absolute atomic E-state index is 12.7. The van der Waals surface area contributed by atoms with E-state index in [9.17, 15) is 9.59 Å². The minimum absolute atomic E-state index is 0.0806. The van der Waals surface area contributed by atoms with Crippen LogP contribution >= 0.6 is 0 Å². The molecule has 3 heterocycles. The van der Waals surface area contributed by atoms with Crippen molar-refractivity contribution < 1.29 is 19.1 Å². The third kappa shape index (κ3) is 4.62. The fraction of sp³-hybridized carbons (Fsp3) is 0.652. The highest BCUT2D eigenvalue weighted by atomic mass is 16.7. The van der Waals surface area contributed by atoms with Gasteiger partial charge in [0, 0.05) is 43.5 Å². The average Bonchev–Trinajstić information content (AvgIpc) is 3.22. The summed E-state index contributed by atoms with van der Waals surface area (Å²) >= 11 is 0. The molecule has 3 saturated heterocycles. The summed E-state index contributed by atoms with van der Waals surface area (Å²) in [7, 11) is 0. The molecule has 164 valence electrons. The number of hydrogen-bond acceptors (Lipinski definition) is 5. The normalized spacial score (nSPS) is 24.7. The molecule has 1 atom stereocenters. The third-order valence-corrected chi connectivity index (χ3v) is 6.78. The van der Waals surface area contributed by atoms with Crippen LogP contribution in [0.4, 0.5) is 11.4 Å². The number of carbonyl (C=O) groups excluding carboxylic acids is 2. The van der Waals surface area contributed by atoms with Crippen molar-refractivity contribution >= 4 is 23.2 Å². The van der Waals surface area contributed by atoms with Crippen LogP contribution in [0.3, 0.4) is 0 Å². The van der Waals surface area contributed by atoms with E-state index in [-0.39, 0.29) is 5.92 Å². The van der Waals surface area contributed by atoms with Gasteiger partial charge in [-0.25, -0.2) is 0 Å². The van der Waals surface area contributed by atoms with Crippen LogP contribution in [0.5, 0.6) is 0 Å². The first-order valence-corrected chi connectivity index (χ1v) is 11.2. The molecule has 30 heavy (non-hydrogen) atoms. The van der Waals surface area contributed by atoms with Gasteiger partial charge in [0.15, 0.2) is 5.79 Å². The maximum atomic E-state index is 12.7. The molecule has 3 aliphatic rings. The van der Waals surface area contributed by atoms with Crippen molar-refractivity contribution in [3.8, 4) is 0 Å². The molecule has 0 radical (unpaired) electrons. The lowest BCUT2D eigenvalue weighted by atomic mass is 9.90. The summed E-state index contributed by atoms with van der Waals surface area (Å²) in [6.45, 7) is 8.58. The Kier molecular flexibility index (Phi) is 6.29. The summed E-state index contributed by atoms with van der Waals surface area (Å²) in [5.41, 5.74) is 1.81. The Morgan fingerprint density at radius 3 is 2.37 bits per heavy atom. The summed E-state index contributed by atoms with van der Waals surface area (Å²) < 4.78 is 11.5. The fourth-order valence-corrected chi connectivity index (χ4v) is 4.71. The Morgan fingerprint density at radius 2 is 1.70 bits per heavy atom. The van der Waals surface area contributed by atoms with E-state index in [2.05, 4.69) is 17.1 Å². The molecule has 0 bridgehead atoms. The number of piperidine rings is 2. The molecular weight excluding hydrogens is 382 g/mol. The van der Waals surface area contributed by atoms with Gasteiger partial charge < -0.3 is 24.6 Å². The van der Waals surface area contributed by atoms with E-state index in [0.29, 0.717) is 32.0 Å². The smallest absolute Gasteiger partial charge is 0.313 e. The van der Waals surface area contributed by atoms with E-state index >= 15 is 0 Å². The summed E-state index contributed by atoms with van der Waals surface area (Å²) in [4.78, 5) is 29.3. The molecule has 0 saturated carbocycles. The second kappa shape index (κ2) is 8.94. The number of carbonyl (C=O) groups is 2. The van der Waals surface area contributed by atoms with Gasteiger partial charge in [-0.1, -0.05) is 6.92 Å². The molecular formula is C23H33N3O4. The Balaban J connectivity index is 1.32. The molecule has 3 aliphatic heterocycles. The maximum Gasteiger partial charge on any atom is 0.313 e. The summed E-state index contributed by atoms with van der Waals surface area (Å²) in [5, 5.41) is 2.76. The van der Waals surface area contributed by atoms with Crippen molar-refractivity contribution in [2.75, 3.05) is 49.6 Å². The van der Waals surface area contributed by atoms with Crippen molar-refractivity contribution in [2.45, 2.75) is 45.3 Å². The Labute approximate surface area is 178 Å². The second-order valence-corrected chi connectivity index (χ2v) is 8.97. The van der Waals surface area contributed by atoms with Crippen molar-refractivity contribution in [2.24, 2.45) is 11.8 Å². The number of benzene rings is 1. The minimum atomic E-state index is -0.655. The lowest BCUT2D eigenvalue weighted by Gasteiger charge is -2.39. The summed E-state index contributed by atoms with van der Waals surface area (Å²) in [6.07, 6.45) is 4.19. The van der Waals surface area contributed by atoms with E-state index in [1.54, 1.807) is 4.90 Å². The number of hydrogen-bond donors (Lipinski definition) is 1. The highest BCUT2D eigenvalue weighted by Gasteiger charge is 2.43. The van der Waals surface area contributed by atoms with Crippen LogP contribution in [0.2, 0.25) is 0 Å². The van der Waals surface area contributed by atoms with Gasteiger partial charge in [0.1, 0.15) is 0 Å². The molecule has 1 aromatic carbocycles. The van der Waals surface area contributed by atoms with Gasteiger partial charge >= 0.3 is 11.8 Å². The average molecular weight is 416 g/mol. The van der Waals surface area contributed by atoms with Crippen LogP contribution in [0, 0.1) is 11.8 Å². The Hall–Kier alpha value is -2.12. The highest BCUT2D eigenvalue weighted by Crippen LogP contribution is 2.34. The quantitative estimate of drug-likeness (QED) is 0.769. The van der Waals surface area contributed by atoms with Gasteiger partial charge in [-0.3, -0.25) is 9.59 Å². The minimum Gasteiger partial charge on any atom is -0.372 e. The number of nitrogens with zero attached hydrogens (tertiary/aromatic N) is 2. The second-order valence-electron chi connectivity index (χ2n) is 8.97. The number of anilines is 2. The molecule has 1 unspecified atom stereocenters. The molecule has 0 aromatic heterocycles. The van der Waals surface area contributed by atoms with Crippen LogP contribution in [-0.2, 0) is 19.1 Å². The third-order valence-electron chi connectivity index (χ3n) is 6.78. The highest BCUT2D eigenvalue weighted by molar-refractivity contribution is 6.39. The molecule has 4 rings (SSSR count). The number of nitrogens with one attached hydrogen (secondary N) is 1. The van der Waals surface area contributed by atoms with Crippen molar-refractivity contribution in [3.63, 3.8) is 0 Å². The lowest BCUT2D eigenvalue weighted by Crippen LogP contribution is -2.51. The first kappa shape index (κ1) is 21.1. The van der Waals surface area contributed by atoms with Crippen molar-refractivity contribution in [3.05, 3.63) is 24.3 Å². The Morgan fingerprint density at radius 1 is 1.03 bits per heavy atom. The lowest BCUT2D eigenvalue weighted by molar-refractivity contribution is -0.193. The zero-order valence-electron chi connectivity index (χ0n) is 18.1. The van der Waals surface area contributed by atoms with Gasteiger partial charge in [0.25, 0.3) is 0 Å². The number of rotatable bonds is 3. The van der Waals surface area contributed by atoms with Crippen LogP contribution in [0.1, 0.15) is 39.5 Å². The number of likely N-dealkylation sites (tertiary alicyclic amines) is 1. The largest absolute Gasteiger partial charge is 0.372 e. The van der Waals surface area contributed by atoms with Crippen molar-refractivity contribution in [1.82, 2.24) is 4.90 Å². The van der Waals surface area contributed by atoms with E-state index in [4.69, 9.17) is 9.47 Å². The number of ether oxygens (including phenoxy) is 2. The van der Waals surface area contributed by atoms with Gasteiger partial charge in [-0.05, 0) is 62.8 Å². The summed E-state index contributed by atoms with van der Waals surface area (Å²) in [5.74, 6) is -0.868. The molecule has 1 N–H and O–H groups in total. The zero-order valence-corrected chi connectivity index (χ0v) is 18.1. The molecule has 0 aliphatic carbocycles. The molecule has 3 fully saturated rings. The number of amides is 2. The van der Waals surface area contributed by atoms with E-state index < -0.39 is 17.6 Å². The molecule has 0 spiro atoms. The fourth-order valence-electron chi connectivity index (χ4n) is 4.71. The van der Waals surface area contributed by atoms with Crippen LogP contribution in [0.25, 0.3) is 0 Å². The standard InChI is InChI=1S/C23H33N3O4/c1-17-9-12-25(13-10-17)20-7-5-19(6-8-20)24-21(27)22(28)26-11-3-4-18(16-26)23(2)29-14-15-30-23/h5-8,17-18H,3-4,9-16H2,1-2H3,(H,24,27). The molecule has 1 aromatic rings. The molecule has 7 heteroatoms. The Bertz CT molecular complexity index is 752. The predicted molar refractivity (Wildman–Crippen MR) is 115 cm³/mol. The van der Waals surface area contributed by atoms with Gasteiger partial charge in [0.2, 0.25) is 0 Å². The van der Waals surface area contributed by atoms with Crippen LogP contribution in [-0.4, -0.2) is 61.9 Å². The zero-order chi connectivity index (χ0) is 21.1. The molecule has 7 nitrogen and oxygen atoms in total. The van der Waals surface area contributed by atoms with Crippen LogP contribution in [0.15, 0.2) is 24.3 Å². The van der Waals surface area contributed by atoms with Gasteiger partial charge in [-0.2, -0.15) is 0 Å². The summed E-state index contributed by atoms with van der Waals surface area (Å²) in [6, 6.07) is 7.78. The monoisotopic (exact) mass is 415 g/mol. The first-order valence-electron chi connectivity index (χ1n) is 11.2. The van der Waals surface area contributed by atoms with E-state index in [1.165, 1.54) is 12.8 Å². The molecule has 2 amide bonds. The van der Waals surface area contributed by atoms with E-state index in [0.717, 1.165) is 37.5 Å². The van der Waals surface area contributed by atoms with Crippen molar-refractivity contribution in [1.29, 1.82) is 0 Å². The van der Waals surface area contributed by atoms with E-state index in [1.807, 2.05) is 31.2 Å². The predicted octanol–water partition coefficient (Wildman–Crippen LogP) is 2.86. The first-order chi connectivity index (χ1) is 14.4. The topological polar surface area (TPSA) is 71.1 Å². The van der Waals surface area contributed by atoms with Gasteiger partial charge in [0.05, 0.1) is 13.2 Å². The SMILES string of the molecule is CC1CCN(c2ccc(NC(=O)C(=O)N3CCCC(C4(C)OCCO4)C3)cc2)CC1. The van der Waals surface area contributed by atoms with Gasteiger partial charge in [-0.15, -0.1) is 0 Å². The van der Waals surface area contributed by atoms with Crippen LogP contribution < -0.4 is 10.2 Å².